The summed E-state index contributed by atoms with van der Waals surface area (Å²) >= 11 is 0. The lowest BCUT2D eigenvalue weighted by atomic mass is 10.2. The fourth-order valence-electron chi connectivity index (χ4n) is 1.92. The normalized spacial score (nSPS) is 9.92. The number of hydrogen-bond donors (Lipinski definition) is 2. The van der Waals surface area contributed by atoms with Gasteiger partial charge in [0.25, 0.3) is 5.91 Å². The number of aromatic hydroxyl groups is 1. The number of hydrogen-bond acceptors (Lipinski definition) is 6. The Hall–Kier alpha value is -3.22. The Kier molecular flexibility index (Phi) is 5.62. The molecule has 0 heterocycles. The summed E-state index contributed by atoms with van der Waals surface area (Å²) in [6, 6.07) is 10.9. The zero-order chi connectivity index (χ0) is 17.5. The highest BCUT2D eigenvalue weighted by atomic mass is 16.5. The number of esters is 1. The predicted molar refractivity (Wildman–Crippen MR) is 86.6 cm³/mol. The maximum atomic E-state index is 11.9. The van der Waals surface area contributed by atoms with Crippen LogP contribution in [0.1, 0.15) is 10.4 Å². The van der Waals surface area contributed by atoms with E-state index in [0.29, 0.717) is 17.2 Å². The highest BCUT2D eigenvalue weighted by Gasteiger charge is 2.15. The molecule has 24 heavy (non-hydrogen) atoms. The Morgan fingerprint density at radius 2 is 1.75 bits per heavy atom. The third-order valence-electron chi connectivity index (χ3n) is 3.11. The molecule has 0 fully saturated rings. The summed E-state index contributed by atoms with van der Waals surface area (Å²) in [4.78, 5) is 23.7. The van der Waals surface area contributed by atoms with E-state index in [0.717, 1.165) is 0 Å². The second-order valence-corrected chi connectivity index (χ2v) is 4.74. The van der Waals surface area contributed by atoms with E-state index in [2.05, 4.69) is 5.32 Å². The number of nitrogens with one attached hydrogen (secondary N) is 1. The summed E-state index contributed by atoms with van der Waals surface area (Å²) in [5.74, 6) is -0.610. The number of amides is 1. The minimum absolute atomic E-state index is 0.0509. The van der Waals surface area contributed by atoms with Crippen molar-refractivity contribution in [3.05, 3.63) is 48.0 Å². The van der Waals surface area contributed by atoms with Crippen molar-refractivity contribution in [3.63, 3.8) is 0 Å². The summed E-state index contributed by atoms with van der Waals surface area (Å²) in [6.07, 6.45) is 0. The molecule has 0 saturated carbocycles. The summed E-state index contributed by atoms with van der Waals surface area (Å²) in [5.41, 5.74) is 0.465. The van der Waals surface area contributed by atoms with Crippen LogP contribution in [0.2, 0.25) is 0 Å². The quantitative estimate of drug-likeness (QED) is 0.788. The molecule has 2 aromatic rings. The number of methoxy groups -OCH3 is 2. The van der Waals surface area contributed by atoms with Crippen LogP contribution in [-0.4, -0.2) is 37.8 Å². The van der Waals surface area contributed by atoms with E-state index < -0.39 is 18.5 Å². The van der Waals surface area contributed by atoms with Gasteiger partial charge in [0.05, 0.1) is 14.2 Å². The molecule has 0 unspecified atom stereocenters. The molecule has 0 aliphatic rings. The Morgan fingerprint density at radius 3 is 2.42 bits per heavy atom. The first-order chi connectivity index (χ1) is 11.5. The van der Waals surface area contributed by atoms with Crippen LogP contribution in [0.15, 0.2) is 42.5 Å². The highest BCUT2D eigenvalue weighted by Crippen LogP contribution is 2.24. The maximum absolute atomic E-state index is 11.9. The SMILES string of the molecule is COc1cccc(NC(=O)COC(=O)c2ccc(OC)cc2O)c1. The minimum Gasteiger partial charge on any atom is -0.507 e. The summed E-state index contributed by atoms with van der Waals surface area (Å²) in [5, 5.41) is 12.3. The van der Waals surface area contributed by atoms with Crippen LogP contribution in [0.3, 0.4) is 0 Å². The average molecular weight is 331 g/mol. The van der Waals surface area contributed by atoms with Gasteiger partial charge < -0.3 is 24.6 Å². The van der Waals surface area contributed by atoms with E-state index in [1.807, 2.05) is 0 Å². The Morgan fingerprint density at radius 1 is 1.04 bits per heavy atom. The standard InChI is InChI=1S/C17H17NO6/c1-22-12-5-3-4-11(8-12)18-16(20)10-24-17(21)14-7-6-13(23-2)9-15(14)19/h3-9,19H,10H2,1-2H3,(H,18,20). The van der Waals surface area contributed by atoms with Crippen LogP contribution in [0.4, 0.5) is 5.69 Å². The summed E-state index contributed by atoms with van der Waals surface area (Å²) in [6.45, 7) is -0.485. The van der Waals surface area contributed by atoms with Crippen LogP contribution in [0, 0.1) is 0 Å². The summed E-state index contributed by atoms with van der Waals surface area (Å²) in [7, 11) is 2.96. The van der Waals surface area contributed by atoms with Gasteiger partial charge in [-0.15, -0.1) is 0 Å². The molecule has 2 N–H and O–H groups in total. The van der Waals surface area contributed by atoms with Gasteiger partial charge in [-0.2, -0.15) is 0 Å². The number of rotatable bonds is 6. The molecular weight excluding hydrogens is 314 g/mol. The average Bonchev–Trinajstić information content (AvgIpc) is 2.59. The zero-order valence-electron chi connectivity index (χ0n) is 13.2. The molecule has 2 aromatic carbocycles. The van der Waals surface area contributed by atoms with Crippen molar-refractivity contribution < 1.29 is 28.9 Å². The van der Waals surface area contributed by atoms with Crippen molar-refractivity contribution in [1.82, 2.24) is 0 Å². The number of carbonyl (C=O) groups is 2. The van der Waals surface area contributed by atoms with Crippen molar-refractivity contribution in [2.75, 3.05) is 26.1 Å². The molecule has 0 radical (unpaired) electrons. The first-order valence-corrected chi connectivity index (χ1v) is 7.01. The lowest BCUT2D eigenvalue weighted by Gasteiger charge is -2.09. The Labute approximate surface area is 138 Å². The van der Waals surface area contributed by atoms with Gasteiger partial charge in [-0.1, -0.05) is 6.07 Å². The molecule has 7 heteroatoms. The molecule has 0 atom stereocenters. The molecule has 0 bridgehead atoms. The van der Waals surface area contributed by atoms with E-state index >= 15 is 0 Å². The fourth-order valence-corrected chi connectivity index (χ4v) is 1.92. The largest absolute Gasteiger partial charge is 0.507 e. The second-order valence-electron chi connectivity index (χ2n) is 4.74. The third-order valence-corrected chi connectivity index (χ3v) is 3.11. The van der Waals surface area contributed by atoms with Crippen LogP contribution < -0.4 is 14.8 Å². The second kappa shape index (κ2) is 7.87. The molecule has 7 nitrogen and oxygen atoms in total. The van der Waals surface area contributed by atoms with Crippen LogP contribution >= 0.6 is 0 Å². The van der Waals surface area contributed by atoms with E-state index in [9.17, 15) is 14.7 Å². The first-order valence-electron chi connectivity index (χ1n) is 7.01. The van der Waals surface area contributed by atoms with Crippen molar-refractivity contribution >= 4 is 17.6 Å². The molecule has 126 valence electrons. The molecule has 0 spiro atoms. The van der Waals surface area contributed by atoms with E-state index in [4.69, 9.17) is 14.2 Å². The van der Waals surface area contributed by atoms with E-state index in [1.54, 1.807) is 24.3 Å². The third kappa shape index (κ3) is 4.39. The first kappa shape index (κ1) is 17.1. The molecule has 0 aliphatic carbocycles. The fraction of sp³-hybridized carbons (Fsp3) is 0.176. The topological polar surface area (TPSA) is 94.1 Å². The number of phenols is 1. The molecular formula is C17H17NO6. The van der Waals surface area contributed by atoms with Gasteiger partial charge in [0.2, 0.25) is 0 Å². The van der Waals surface area contributed by atoms with Gasteiger partial charge in [-0.3, -0.25) is 4.79 Å². The van der Waals surface area contributed by atoms with Crippen LogP contribution in [0.25, 0.3) is 0 Å². The van der Waals surface area contributed by atoms with Crippen LogP contribution in [-0.2, 0) is 9.53 Å². The van der Waals surface area contributed by atoms with Gasteiger partial charge in [-0.05, 0) is 24.3 Å². The maximum Gasteiger partial charge on any atom is 0.342 e. The number of ether oxygens (including phenoxy) is 3. The molecule has 0 aromatic heterocycles. The minimum atomic E-state index is -0.809. The molecule has 1 amide bonds. The predicted octanol–water partition coefficient (Wildman–Crippen LogP) is 2.20. The zero-order valence-corrected chi connectivity index (χ0v) is 13.2. The number of benzene rings is 2. The Balaban J connectivity index is 1.92. The summed E-state index contributed by atoms with van der Waals surface area (Å²) < 4.78 is 14.9. The smallest absolute Gasteiger partial charge is 0.342 e. The number of carbonyl (C=O) groups excluding carboxylic acids is 2. The lowest BCUT2D eigenvalue weighted by molar-refractivity contribution is -0.119. The highest BCUT2D eigenvalue weighted by molar-refractivity contribution is 5.96. The Bertz CT molecular complexity index is 744. The number of phenolic OH excluding ortho intramolecular Hbond substituents is 1. The van der Waals surface area contributed by atoms with Crippen LogP contribution in [0.5, 0.6) is 17.2 Å². The van der Waals surface area contributed by atoms with E-state index in [1.165, 1.54) is 32.4 Å². The van der Waals surface area contributed by atoms with Crippen molar-refractivity contribution in [2.24, 2.45) is 0 Å². The lowest BCUT2D eigenvalue weighted by Crippen LogP contribution is -2.21. The van der Waals surface area contributed by atoms with Crippen molar-refractivity contribution in [3.8, 4) is 17.2 Å². The van der Waals surface area contributed by atoms with Gasteiger partial charge in [0.1, 0.15) is 22.8 Å². The van der Waals surface area contributed by atoms with Gasteiger partial charge in [-0.25, -0.2) is 4.79 Å². The molecule has 0 saturated heterocycles. The van der Waals surface area contributed by atoms with Gasteiger partial charge >= 0.3 is 5.97 Å². The van der Waals surface area contributed by atoms with E-state index in [-0.39, 0.29) is 11.3 Å². The molecule has 0 aliphatic heterocycles. The number of anilines is 1. The van der Waals surface area contributed by atoms with Gasteiger partial charge in [0.15, 0.2) is 6.61 Å². The van der Waals surface area contributed by atoms with Crippen molar-refractivity contribution in [1.29, 1.82) is 0 Å². The van der Waals surface area contributed by atoms with Crippen molar-refractivity contribution in [2.45, 2.75) is 0 Å². The van der Waals surface area contributed by atoms with Gasteiger partial charge in [0, 0.05) is 17.8 Å². The molecule has 2 rings (SSSR count). The monoisotopic (exact) mass is 331 g/mol.